The number of rotatable bonds is 3. The van der Waals surface area contributed by atoms with Crippen LogP contribution >= 0.6 is 27.3 Å². The molecule has 2 aromatic heterocycles. The Hall–Kier alpha value is -1.99. The van der Waals surface area contributed by atoms with Gasteiger partial charge in [-0.25, -0.2) is 9.67 Å². The van der Waals surface area contributed by atoms with E-state index in [9.17, 15) is 4.79 Å². The molecule has 25 heavy (non-hydrogen) atoms. The molecule has 0 spiro atoms. The summed E-state index contributed by atoms with van der Waals surface area (Å²) in [6.07, 6.45) is 3.56. The molecule has 0 atom stereocenters. The summed E-state index contributed by atoms with van der Waals surface area (Å²) in [5, 5.41) is 8.24. The molecule has 7 heteroatoms. The van der Waals surface area contributed by atoms with Crippen LogP contribution in [0, 0.1) is 6.92 Å². The van der Waals surface area contributed by atoms with Gasteiger partial charge in [-0.3, -0.25) is 4.79 Å². The Kier molecular flexibility index (Phi) is 4.79. The van der Waals surface area contributed by atoms with Crippen molar-refractivity contribution in [1.82, 2.24) is 14.8 Å². The molecule has 1 aromatic carbocycles. The maximum absolute atomic E-state index is 12.8. The molecule has 3 rings (SSSR count). The minimum atomic E-state index is -0.149. The Balaban J connectivity index is 1.91. The van der Waals surface area contributed by atoms with Gasteiger partial charge in [0.15, 0.2) is 0 Å². The van der Waals surface area contributed by atoms with Crippen molar-refractivity contribution in [2.45, 2.75) is 33.1 Å². The van der Waals surface area contributed by atoms with E-state index in [1.807, 2.05) is 37.4 Å². The van der Waals surface area contributed by atoms with E-state index in [0.29, 0.717) is 10.6 Å². The zero-order valence-electron chi connectivity index (χ0n) is 14.5. The summed E-state index contributed by atoms with van der Waals surface area (Å²) in [6, 6.07) is 7.58. The number of aryl methyl sites for hydroxylation is 1. The van der Waals surface area contributed by atoms with Crippen LogP contribution in [-0.2, 0) is 5.41 Å². The van der Waals surface area contributed by atoms with Crippen molar-refractivity contribution in [3.63, 3.8) is 0 Å². The second kappa shape index (κ2) is 6.72. The Morgan fingerprint density at radius 2 is 2.00 bits per heavy atom. The van der Waals surface area contributed by atoms with Crippen molar-refractivity contribution >= 4 is 38.9 Å². The Bertz CT molecular complexity index is 923. The van der Waals surface area contributed by atoms with Gasteiger partial charge < -0.3 is 5.32 Å². The molecule has 5 nitrogen and oxygen atoms in total. The molecular formula is C18H19BrN4OS. The molecule has 0 aliphatic rings. The Morgan fingerprint density at radius 1 is 1.28 bits per heavy atom. The summed E-state index contributed by atoms with van der Waals surface area (Å²) in [5.41, 5.74) is 2.19. The molecule has 0 bridgehead atoms. The van der Waals surface area contributed by atoms with Crippen LogP contribution in [0.3, 0.4) is 0 Å². The highest BCUT2D eigenvalue weighted by Gasteiger charge is 2.23. The number of carbonyl (C=O) groups excluding carboxylic acids is 1. The number of benzene rings is 1. The van der Waals surface area contributed by atoms with Crippen LogP contribution < -0.4 is 5.32 Å². The quantitative estimate of drug-likeness (QED) is 0.654. The number of nitrogens with zero attached hydrogens (tertiary/aromatic N) is 3. The molecule has 3 aromatic rings. The second-order valence-electron chi connectivity index (χ2n) is 6.76. The first-order valence-electron chi connectivity index (χ1n) is 7.84. The number of hydrogen-bond donors (Lipinski definition) is 1. The largest absolute Gasteiger partial charge is 0.319 e. The lowest BCUT2D eigenvalue weighted by Crippen LogP contribution is -2.13. The second-order valence-corrected chi connectivity index (χ2v) is 8.67. The number of amides is 1. The van der Waals surface area contributed by atoms with Gasteiger partial charge in [0.25, 0.3) is 5.91 Å². The summed E-state index contributed by atoms with van der Waals surface area (Å²) in [6.45, 7) is 8.16. The van der Waals surface area contributed by atoms with E-state index in [-0.39, 0.29) is 11.3 Å². The molecule has 0 saturated heterocycles. The summed E-state index contributed by atoms with van der Waals surface area (Å²) in [5.74, 6) is -0.149. The molecule has 130 valence electrons. The number of thiazole rings is 1. The van der Waals surface area contributed by atoms with E-state index < -0.39 is 0 Å². The Morgan fingerprint density at radius 3 is 2.60 bits per heavy atom. The zero-order chi connectivity index (χ0) is 18.2. The van der Waals surface area contributed by atoms with E-state index >= 15 is 0 Å². The predicted octanol–water partition coefficient (Wildman–Crippen LogP) is 4.95. The van der Waals surface area contributed by atoms with E-state index in [0.717, 1.165) is 20.9 Å². The van der Waals surface area contributed by atoms with Crippen molar-refractivity contribution in [2.75, 3.05) is 5.32 Å². The normalized spacial score (nSPS) is 11.6. The first kappa shape index (κ1) is 17.8. The lowest BCUT2D eigenvalue weighted by Gasteiger charge is -2.13. The standard InChI is InChI=1S/C18H19BrN4OS/c1-11-15(25-17(21-11)18(2,3)4)16(24)22-13-7-5-6-8-14(13)23-10-12(19)9-20-23/h5-10H,1-4H3,(H,22,24). The maximum atomic E-state index is 12.8. The van der Waals surface area contributed by atoms with Gasteiger partial charge in [0.1, 0.15) is 4.88 Å². The summed E-state index contributed by atoms with van der Waals surface area (Å²) in [4.78, 5) is 18.0. The molecular weight excluding hydrogens is 400 g/mol. The number of halogens is 1. The van der Waals surface area contributed by atoms with Crippen molar-refractivity contribution in [3.05, 3.63) is 56.7 Å². The van der Waals surface area contributed by atoms with Gasteiger partial charge >= 0.3 is 0 Å². The summed E-state index contributed by atoms with van der Waals surface area (Å²) < 4.78 is 2.60. The van der Waals surface area contributed by atoms with E-state index in [1.165, 1.54) is 11.3 Å². The fourth-order valence-corrected chi connectivity index (χ4v) is 3.62. The molecule has 1 N–H and O–H groups in total. The smallest absolute Gasteiger partial charge is 0.267 e. The topological polar surface area (TPSA) is 59.8 Å². The van der Waals surface area contributed by atoms with Crippen LogP contribution in [0.2, 0.25) is 0 Å². The van der Waals surface area contributed by atoms with Gasteiger partial charge in [0, 0.05) is 11.6 Å². The average molecular weight is 419 g/mol. The minimum Gasteiger partial charge on any atom is -0.319 e. The van der Waals surface area contributed by atoms with Crippen LogP contribution in [0.15, 0.2) is 41.1 Å². The predicted molar refractivity (Wildman–Crippen MR) is 105 cm³/mol. The molecule has 1 amide bonds. The monoisotopic (exact) mass is 418 g/mol. The number of aromatic nitrogens is 3. The fraction of sp³-hybridized carbons (Fsp3) is 0.278. The first-order chi connectivity index (χ1) is 11.8. The van der Waals surface area contributed by atoms with Crippen LogP contribution in [0.1, 0.15) is 41.1 Å². The Labute approximate surface area is 159 Å². The zero-order valence-corrected chi connectivity index (χ0v) is 16.9. The maximum Gasteiger partial charge on any atom is 0.267 e. The summed E-state index contributed by atoms with van der Waals surface area (Å²) in [7, 11) is 0. The third kappa shape index (κ3) is 3.82. The van der Waals surface area contributed by atoms with Crippen LogP contribution in [0.5, 0.6) is 0 Å². The third-order valence-corrected chi connectivity index (χ3v) is 5.59. The van der Waals surface area contributed by atoms with Gasteiger partial charge in [-0.1, -0.05) is 32.9 Å². The molecule has 0 unspecified atom stereocenters. The van der Waals surface area contributed by atoms with Crippen LogP contribution in [0.4, 0.5) is 5.69 Å². The van der Waals surface area contributed by atoms with Crippen molar-refractivity contribution < 1.29 is 4.79 Å². The molecule has 0 saturated carbocycles. The molecule has 2 heterocycles. The average Bonchev–Trinajstić information content (AvgIpc) is 3.13. The third-order valence-electron chi connectivity index (χ3n) is 3.59. The van der Waals surface area contributed by atoms with E-state index in [2.05, 4.69) is 52.1 Å². The number of hydrogen-bond acceptors (Lipinski definition) is 4. The van der Waals surface area contributed by atoms with Gasteiger partial charge in [-0.2, -0.15) is 5.10 Å². The highest BCUT2D eigenvalue weighted by atomic mass is 79.9. The van der Waals surface area contributed by atoms with Gasteiger partial charge in [-0.05, 0) is 35.0 Å². The lowest BCUT2D eigenvalue weighted by atomic mass is 9.98. The molecule has 0 fully saturated rings. The van der Waals surface area contributed by atoms with E-state index in [4.69, 9.17) is 0 Å². The first-order valence-corrected chi connectivity index (χ1v) is 9.45. The van der Waals surface area contributed by atoms with Crippen molar-refractivity contribution in [3.8, 4) is 5.69 Å². The number of para-hydroxylation sites is 2. The molecule has 0 radical (unpaired) electrons. The number of nitrogens with one attached hydrogen (secondary N) is 1. The highest BCUT2D eigenvalue weighted by Crippen LogP contribution is 2.30. The molecule has 0 aliphatic heterocycles. The van der Waals surface area contributed by atoms with Gasteiger partial charge in [0.2, 0.25) is 0 Å². The van der Waals surface area contributed by atoms with Crippen molar-refractivity contribution in [2.24, 2.45) is 0 Å². The van der Waals surface area contributed by atoms with Gasteiger partial charge in [-0.15, -0.1) is 11.3 Å². The fourth-order valence-electron chi connectivity index (χ4n) is 2.32. The van der Waals surface area contributed by atoms with E-state index in [1.54, 1.807) is 10.9 Å². The van der Waals surface area contributed by atoms with Crippen LogP contribution in [-0.4, -0.2) is 20.7 Å². The SMILES string of the molecule is Cc1nc(C(C)(C)C)sc1C(=O)Nc1ccccc1-n1cc(Br)cn1. The minimum absolute atomic E-state index is 0.0762. The summed E-state index contributed by atoms with van der Waals surface area (Å²) >= 11 is 4.84. The highest BCUT2D eigenvalue weighted by molar-refractivity contribution is 9.10. The number of anilines is 1. The molecule has 0 aliphatic carbocycles. The van der Waals surface area contributed by atoms with Gasteiger partial charge in [0.05, 0.1) is 32.7 Å². The van der Waals surface area contributed by atoms with Crippen molar-refractivity contribution in [1.29, 1.82) is 0 Å². The lowest BCUT2D eigenvalue weighted by molar-refractivity contribution is 0.103. The number of carbonyl (C=O) groups is 1. The van der Waals surface area contributed by atoms with Crippen LogP contribution in [0.25, 0.3) is 5.69 Å².